The van der Waals surface area contributed by atoms with Crippen LogP contribution in [-0.2, 0) is 11.3 Å². The third-order valence-corrected chi connectivity index (χ3v) is 3.23. The molecule has 1 aromatic rings. The number of hydrogen-bond donors (Lipinski definition) is 0. The number of benzene rings is 1. The first-order valence-electron chi connectivity index (χ1n) is 7.85. The van der Waals surface area contributed by atoms with Crippen molar-refractivity contribution in [2.24, 2.45) is 5.92 Å². The van der Waals surface area contributed by atoms with E-state index in [4.69, 9.17) is 0 Å². The summed E-state index contributed by atoms with van der Waals surface area (Å²) in [7, 11) is 6.60. The van der Waals surface area contributed by atoms with Gasteiger partial charge in [-0.15, -0.1) is 0 Å². The van der Waals surface area contributed by atoms with Crippen LogP contribution in [0.1, 0.15) is 45.1 Å². The van der Waals surface area contributed by atoms with Crippen molar-refractivity contribution >= 4 is 5.97 Å². The van der Waals surface area contributed by atoms with Crippen LogP contribution >= 0.6 is 0 Å². The van der Waals surface area contributed by atoms with Gasteiger partial charge in [0.15, 0.2) is 0 Å². The number of unbranched alkanes of at least 4 members (excludes halogenated alkanes) is 1. The van der Waals surface area contributed by atoms with Gasteiger partial charge in [0.05, 0.1) is 21.1 Å². The fourth-order valence-electron chi connectivity index (χ4n) is 2.07. The first-order chi connectivity index (χ1) is 9.80. The lowest BCUT2D eigenvalue weighted by Gasteiger charge is -2.23. The number of carboxylic acid groups (broad SMARTS) is 1. The second-order valence-corrected chi connectivity index (χ2v) is 6.50. The van der Waals surface area contributed by atoms with Crippen LogP contribution in [0.3, 0.4) is 0 Å². The molecule has 0 aliphatic carbocycles. The number of carbonyl (C=O) groups excluding carboxylic acids is 1. The van der Waals surface area contributed by atoms with Crippen LogP contribution < -0.4 is 5.11 Å². The third kappa shape index (κ3) is 11.0. The van der Waals surface area contributed by atoms with Crippen molar-refractivity contribution in [2.45, 2.75) is 46.1 Å². The van der Waals surface area contributed by atoms with Crippen molar-refractivity contribution in [1.29, 1.82) is 0 Å². The molecule has 0 bridgehead atoms. The monoisotopic (exact) mass is 293 g/mol. The van der Waals surface area contributed by atoms with Crippen LogP contribution in [0.2, 0.25) is 0 Å². The number of hydrogen-bond acceptors (Lipinski definition) is 2. The average Bonchev–Trinajstić information content (AvgIpc) is 2.39. The molecule has 1 unspecified atom stereocenters. The van der Waals surface area contributed by atoms with Gasteiger partial charge in [-0.2, -0.15) is 0 Å². The minimum atomic E-state index is -0.893. The van der Waals surface area contributed by atoms with E-state index < -0.39 is 5.97 Å². The molecule has 120 valence electrons. The summed E-state index contributed by atoms with van der Waals surface area (Å²) >= 11 is 0. The van der Waals surface area contributed by atoms with Gasteiger partial charge in [0.1, 0.15) is 6.54 Å². The SMILES string of the molecule is CCCCC(CC)C(=O)[O-].C[N+](C)(C)Cc1ccccc1. The molecule has 0 aliphatic rings. The standard InChI is InChI=1S/C10H16N.C8H16O2/c1-11(2,3)9-10-7-5-4-6-8-10;1-3-5-6-7(4-2)8(9)10/h4-8H,9H2,1-3H3;7H,3-6H2,1-2H3,(H,9,10)/q+1;/p-1. The minimum Gasteiger partial charge on any atom is -0.550 e. The largest absolute Gasteiger partial charge is 0.550 e. The van der Waals surface area contributed by atoms with Gasteiger partial charge in [0, 0.05) is 11.5 Å². The highest BCUT2D eigenvalue weighted by Gasteiger charge is 2.06. The summed E-state index contributed by atoms with van der Waals surface area (Å²) < 4.78 is 0.990. The van der Waals surface area contributed by atoms with Gasteiger partial charge < -0.3 is 14.4 Å². The Bertz CT molecular complexity index is 382. The molecule has 3 heteroatoms. The molecule has 21 heavy (non-hydrogen) atoms. The highest BCUT2D eigenvalue weighted by Crippen LogP contribution is 2.10. The summed E-state index contributed by atoms with van der Waals surface area (Å²) in [5, 5.41) is 10.3. The van der Waals surface area contributed by atoms with Crippen LogP contribution in [0, 0.1) is 5.92 Å². The number of carboxylic acids is 1. The highest BCUT2D eigenvalue weighted by molar-refractivity contribution is 5.67. The molecule has 3 nitrogen and oxygen atoms in total. The van der Waals surface area contributed by atoms with Gasteiger partial charge in [-0.25, -0.2) is 0 Å². The summed E-state index contributed by atoms with van der Waals surface area (Å²) in [6.07, 6.45) is 3.52. The van der Waals surface area contributed by atoms with Crippen molar-refractivity contribution in [3.8, 4) is 0 Å². The topological polar surface area (TPSA) is 40.1 Å². The maximum atomic E-state index is 10.3. The Labute approximate surface area is 130 Å². The summed E-state index contributed by atoms with van der Waals surface area (Å²) in [6.45, 7) is 5.04. The van der Waals surface area contributed by atoms with Gasteiger partial charge in [-0.1, -0.05) is 57.0 Å². The van der Waals surface area contributed by atoms with E-state index >= 15 is 0 Å². The van der Waals surface area contributed by atoms with Crippen LogP contribution in [0.4, 0.5) is 0 Å². The molecule has 0 spiro atoms. The van der Waals surface area contributed by atoms with Gasteiger partial charge >= 0.3 is 0 Å². The zero-order valence-corrected chi connectivity index (χ0v) is 14.3. The summed E-state index contributed by atoms with van der Waals surface area (Å²) in [5.41, 5.74) is 1.40. The Kier molecular flexibility index (Phi) is 9.72. The molecular formula is C18H31NO2. The molecule has 0 saturated heterocycles. The Balaban J connectivity index is 0.000000384. The molecule has 0 aliphatic heterocycles. The van der Waals surface area contributed by atoms with Crippen LogP contribution in [0.5, 0.6) is 0 Å². The van der Waals surface area contributed by atoms with E-state index in [1.54, 1.807) is 0 Å². The van der Waals surface area contributed by atoms with Crippen molar-refractivity contribution in [1.82, 2.24) is 0 Å². The molecule has 0 radical (unpaired) electrons. The molecule has 1 aromatic carbocycles. The number of quaternary nitrogens is 1. The van der Waals surface area contributed by atoms with E-state index in [1.807, 2.05) is 6.92 Å². The fourth-order valence-corrected chi connectivity index (χ4v) is 2.07. The van der Waals surface area contributed by atoms with Crippen LogP contribution in [-0.4, -0.2) is 31.6 Å². The van der Waals surface area contributed by atoms with Crippen molar-refractivity contribution in [2.75, 3.05) is 21.1 Å². The summed E-state index contributed by atoms with van der Waals surface area (Å²) in [5.74, 6) is -1.11. The average molecular weight is 293 g/mol. The molecule has 0 amide bonds. The Hall–Kier alpha value is -1.35. The van der Waals surface area contributed by atoms with Crippen molar-refractivity contribution in [3.63, 3.8) is 0 Å². The Morgan fingerprint density at radius 1 is 1.14 bits per heavy atom. The van der Waals surface area contributed by atoms with Crippen molar-refractivity contribution in [3.05, 3.63) is 35.9 Å². The first kappa shape index (κ1) is 19.7. The predicted molar refractivity (Wildman–Crippen MR) is 86.5 cm³/mol. The molecule has 1 atom stereocenters. The fraction of sp³-hybridized carbons (Fsp3) is 0.611. The molecule has 0 saturated carbocycles. The predicted octanol–water partition coefficient (Wildman–Crippen LogP) is 2.85. The molecule has 0 fully saturated rings. The molecule has 0 heterocycles. The van der Waals surface area contributed by atoms with E-state index in [0.717, 1.165) is 30.3 Å². The van der Waals surface area contributed by atoms with Crippen LogP contribution in [0.25, 0.3) is 0 Å². The lowest BCUT2D eigenvalue weighted by molar-refractivity contribution is -0.884. The normalized spacial score (nSPS) is 12.2. The van der Waals surface area contributed by atoms with E-state index in [-0.39, 0.29) is 5.92 Å². The van der Waals surface area contributed by atoms with Crippen molar-refractivity contribution < 1.29 is 14.4 Å². The third-order valence-electron chi connectivity index (χ3n) is 3.23. The highest BCUT2D eigenvalue weighted by atomic mass is 16.4. The Morgan fingerprint density at radius 2 is 1.71 bits per heavy atom. The molecule has 0 N–H and O–H groups in total. The zero-order valence-electron chi connectivity index (χ0n) is 14.3. The Morgan fingerprint density at radius 3 is 2.10 bits per heavy atom. The lowest BCUT2D eigenvalue weighted by atomic mass is 10.00. The number of aliphatic carboxylic acids is 1. The summed E-state index contributed by atoms with van der Waals surface area (Å²) in [6, 6.07) is 10.6. The summed E-state index contributed by atoms with van der Waals surface area (Å²) in [4.78, 5) is 10.3. The maximum Gasteiger partial charge on any atom is 0.104 e. The molecule has 0 aromatic heterocycles. The van der Waals surface area contributed by atoms with E-state index in [9.17, 15) is 9.90 Å². The smallest absolute Gasteiger partial charge is 0.104 e. The number of rotatable bonds is 7. The molecule has 1 rings (SSSR count). The van der Waals surface area contributed by atoms with E-state index in [2.05, 4.69) is 58.4 Å². The van der Waals surface area contributed by atoms with Gasteiger partial charge in [0.25, 0.3) is 0 Å². The maximum absolute atomic E-state index is 10.3. The van der Waals surface area contributed by atoms with E-state index in [0.29, 0.717) is 6.42 Å². The van der Waals surface area contributed by atoms with E-state index in [1.165, 1.54) is 5.56 Å². The zero-order chi connectivity index (χ0) is 16.3. The van der Waals surface area contributed by atoms with Crippen LogP contribution in [0.15, 0.2) is 30.3 Å². The number of nitrogens with zero attached hydrogens (tertiary/aromatic N) is 1. The lowest BCUT2D eigenvalue weighted by Crippen LogP contribution is -2.33. The van der Waals surface area contributed by atoms with Gasteiger partial charge in [-0.3, -0.25) is 0 Å². The minimum absolute atomic E-state index is 0.222. The second kappa shape index (κ2) is 10.4. The van der Waals surface area contributed by atoms with Gasteiger partial charge in [-0.05, 0) is 18.8 Å². The molecular weight excluding hydrogens is 262 g/mol. The number of carbonyl (C=O) groups is 1. The van der Waals surface area contributed by atoms with Gasteiger partial charge in [0.2, 0.25) is 0 Å². The first-order valence-corrected chi connectivity index (χ1v) is 7.85. The second-order valence-electron chi connectivity index (χ2n) is 6.50. The quantitative estimate of drug-likeness (QED) is 0.725.